The molecular formula is C17H17NO2. The minimum atomic E-state index is -0.118. The molecule has 0 unspecified atom stereocenters. The van der Waals surface area contributed by atoms with Gasteiger partial charge in [-0.15, -0.1) is 0 Å². The van der Waals surface area contributed by atoms with Gasteiger partial charge in [0.05, 0.1) is 5.56 Å². The average molecular weight is 267 g/mol. The number of carbonyl (C=O) groups excluding carboxylic acids is 1. The van der Waals surface area contributed by atoms with E-state index in [1.807, 2.05) is 12.1 Å². The number of aromatic hydroxyl groups is 1. The summed E-state index contributed by atoms with van der Waals surface area (Å²) in [4.78, 5) is 13.6. The lowest BCUT2D eigenvalue weighted by Crippen LogP contribution is -2.24. The van der Waals surface area contributed by atoms with Gasteiger partial charge in [0.25, 0.3) is 0 Å². The van der Waals surface area contributed by atoms with E-state index < -0.39 is 0 Å². The predicted octanol–water partition coefficient (Wildman–Crippen LogP) is 3.68. The molecule has 102 valence electrons. The number of anilines is 2. The third kappa shape index (κ3) is 2.16. The molecule has 1 aliphatic rings. The first-order valence-electron chi connectivity index (χ1n) is 6.86. The van der Waals surface area contributed by atoms with Crippen molar-refractivity contribution in [3.8, 4) is 5.75 Å². The topological polar surface area (TPSA) is 40.5 Å². The number of nitrogens with zero attached hydrogens (tertiary/aromatic N) is 1. The minimum absolute atomic E-state index is 0.0538. The molecule has 0 bridgehead atoms. The first-order valence-corrected chi connectivity index (χ1v) is 6.86. The number of benzene rings is 2. The van der Waals surface area contributed by atoms with Crippen molar-refractivity contribution < 1.29 is 9.90 Å². The van der Waals surface area contributed by atoms with Gasteiger partial charge in [-0.05, 0) is 43.5 Å². The van der Waals surface area contributed by atoms with Crippen molar-refractivity contribution in [1.82, 2.24) is 0 Å². The van der Waals surface area contributed by atoms with Gasteiger partial charge in [-0.1, -0.05) is 18.2 Å². The highest BCUT2D eigenvalue weighted by molar-refractivity contribution is 5.97. The fourth-order valence-corrected chi connectivity index (χ4v) is 2.79. The van der Waals surface area contributed by atoms with Gasteiger partial charge in [-0.2, -0.15) is 0 Å². The van der Waals surface area contributed by atoms with E-state index in [4.69, 9.17) is 0 Å². The zero-order valence-electron chi connectivity index (χ0n) is 11.5. The molecular weight excluding hydrogens is 250 g/mol. The third-order valence-corrected chi connectivity index (χ3v) is 3.78. The van der Waals surface area contributed by atoms with Gasteiger partial charge >= 0.3 is 0 Å². The second-order valence-electron chi connectivity index (χ2n) is 5.14. The lowest BCUT2D eigenvalue weighted by atomic mass is 10.0. The molecule has 0 aliphatic carbocycles. The van der Waals surface area contributed by atoms with Gasteiger partial charge < -0.3 is 10.0 Å². The Labute approximate surface area is 118 Å². The van der Waals surface area contributed by atoms with Crippen LogP contribution in [0.4, 0.5) is 11.4 Å². The molecule has 2 aromatic carbocycles. The van der Waals surface area contributed by atoms with Crippen molar-refractivity contribution in [2.75, 3.05) is 11.4 Å². The molecule has 3 nitrogen and oxygen atoms in total. The van der Waals surface area contributed by atoms with Gasteiger partial charge in [0.1, 0.15) is 5.75 Å². The molecule has 0 amide bonds. The van der Waals surface area contributed by atoms with E-state index in [1.54, 1.807) is 12.1 Å². The van der Waals surface area contributed by atoms with Crippen LogP contribution < -0.4 is 4.90 Å². The molecule has 0 fully saturated rings. The Morgan fingerprint density at radius 1 is 1.20 bits per heavy atom. The molecule has 2 aromatic rings. The largest absolute Gasteiger partial charge is 0.507 e. The second kappa shape index (κ2) is 5.00. The molecule has 1 heterocycles. The van der Waals surface area contributed by atoms with Crippen molar-refractivity contribution >= 4 is 17.2 Å². The summed E-state index contributed by atoms with van der Waals surface area (Å²) in [7, 11) is 0. The van der Waals surface area contributed by atoms with Crippen LogP contribution in [-0.2, 0) is 6.42 Å². The summed E-state index contributed by atoms with van der Waals surface area (Å²) >= 11 is 0. The van der Waals surface area contributed by atoms with E-state index >= 15 is 0 Å². The molecule has 0 radical (unpaired) electrons. The van der Waals surface area contributed by atoms with E-state index in [0.717, 1.165) is 25.1 Å². The van der Waals surface area contributed by atoms with Crippen molar-refractivity contribution in [3.05, 3.63) is 53.6 Å². The maximum atomic E-state index is 11.4. The lowest BCUT2D eigenvalue weighted by Gasteiger charge is -2.31. The first-order chi connectivity index (χ1) is 9.66. The summed E-state index contributed by atoms with van der Waals surface area (Å²) in [6.45, 7) is 2.39. The molecule has 3 heteroatoms. The van der Waals surface area contributed by atoms with Crippen LogP contribution >= 0.6 is 0 Å². The van der Waals surface area contributed by atoms with E-state index in [0.29, 0.717) is 5.56 Å². The summed E-state index contributed by atoms with van der Waals surface area (Å²) < 4.78 is 0. The number of hydrogen-bond acceptors (Lipinski definition) is 3. The fourth-order valence-electron chi connectivity index (χ4n) is 2.79. The van der Waals surface area contributed by atoms with E-state index in [2.05, 4.69) is 23.1 Å². The molecule has 1 aliphatic heterocycles. The predicted molar refractivity (Wildman–Crippen MR) is 79.9 cm³/mol. The zero-order valence-corrected chi connectivity index (χ0v) is 11.5. The second-order valence-corrected chi connectivity index (χ2v) is 5.14. The van der Waals surface area contributed by atoms with Crippen LogP contribution in [0.3, 0.4) is 0 Å². The van der Waals surface area contributed by atoms with Gasteiger partial charge in [0.15, 0.2) is 5.78 Å². The van der Waals surface area contributed by atoms with E-state index in [1.165, 1.54) is 18.2 Å². The molecule has 0 saturated carbocycles. The summed E-state index contributed by atoms with van der Waals surface area (Å²) in [6, 6.07) is 13.6. The number of carbonyl (C=O) groups is 1. The Balaban J connectivity index is 2.03. The van der Waals surface area contributed by atoms with Crippen molar-refractivity contribution in [2.45, 2.75) is 19.8 Å². The monoisotopic (exact) mass is 267 g/mol. The van der Waals surface area contributed by atoms with Gasteiger partial charge in [-0.25, -0.2) is 0 Å². The SMILES string of the molecule is CC(=O)c1ccc(N2CCCc3ccccc32)cc1O. The lowest BCUT2D eigenvalue weighted by molar-refractivity contribution is 0.101. The molecule has 20 heavy (non-hydrogen) atoms. The number of Topliss-reactive ketones (excluding diaryl/α,β-unsaturated/α-hetero) is 1. The Morgan fingerprint density at radius 2 is 2.00 bits per heavy atom. The smallest absolute Gasteiger partial charge is 0.163 e. The Hall–Kier alpha value is -2.29. The molecule has 0 atom stereocenters. The van der Waals surface area contributed by atoms with Crippen molar-refractivity contribution in [1.29, 1.82) is 0 Å². The van der Waals surface area contributed by atoms with Gasteiger partial charge in [0, 0.05) is 24.0 Å². The third-order valence-electron chi connectivity index (χ3n) is 3.78. The average Bonchev–Trinajstić information content (AvgIpc) is 2.46. The number of fused-ring (bicyclic) bond motifs is 1. The summed E-state index contributed by atoms with van der Waals surface area (Å²) in [5, 5.41) is 9.99. The number of phenolic OH excluding ortho intramolecular Hbond substituents is 1. The first kappa shape index (κ1) is 12.7. The van der Waals surface area contributed by atoms with Gasteiger partial charge in [-0.3, -0.25) is 4.79 Å². The van der Waals surface area contributed by atoms with Crippen molar-refractivity contribution in [2.24, 2.45) is 0 Å². The molecule has 0 aromatic heterocycles. The van der Waals surface area contributed by atoms with Crippen LogP contribution in [0, 0.1) is 0 Å². The maximum absolute atomic E-state index is 11.4. The highest BCUT2D eigenvalue weighted by Gasteiger charge is 2.19. The Bertz CT molecular complexity index is 664. The Kier molecular flexibility index (Phi) is 3.18. The number of phenols is 1. The minimum Gasteiger partial charge on any atom is -0.507 e. The molecule has 3 rings (SSSR count). The van der Waals surface area contributed by atoms with Crippen LogP contribution in [0.15, 0.2) is 42.5 Å². The van der Waals surface area contributed by atoms with E-state index in [-0.39, 0.29) is 11.5 Å². The highest BCUT2D eigenvalue weighted by atomic mass is 16.3. The van der Waals surface area contributed by atoms with Crippen LogP contribution in [0.25, 0.3) is 0 Å². The van der Waals surface area contributed by atoms with Crippen LogP contribution in [0.5, 0.6) is 5.75 Å². The normalized spacial score (nSPS) is 13.9. The summed E-state index contributed by atoms with van der Waals surface area (Å²) in [6.07, 6.45) is 2.18. The van der Waals surface area contributed by atoms with Crippen LogP contribution in [-0.4, -0.2) is 17.4 Å². The number of ketones is 1. The van der Waals surface area contributed by atoms with E-state index in [9.17, 15) is 9.90 Å². The standard InChI is InChI=1S/C17H17NO2/c1-12(19)15-9-8-14(11-17(15)20)18-10-4-6-13-5-2-3-7-16(13)18/h2-3,5,7-9,11,20H,4,6,10H2,1H3. The summed E-state index contributed by atoms with van der Waals surface area (Å²) in [5.74, 6) is -0.0638. The number of para-hydroxylation sites is 1. The van der Waals surface area contributed by atoms with Crippen LogP contribution in [0.2, 0.25) is 0 Å². The summed E-state index contributed by atoms with van der Waals surface area (Å²) in [5.41, 5.74) is 3.82. The van der Waals surface area contributed by atoms with Crippen molar-refractivity contribution in [3.63, 3.8) is 0 Å². The number of aryl methyl sites for hydroxylation is 1. The Morgan fingerprint density at radius 3 is 2.75 bits per heavy atom. The molecule has 1 N–H and O–H groups in total. The fraction of sp³-hybridized carbons (Fsp3) is 0.235. The zero-order chi connectivity index (χ0) is 14.1. The number of hydrogen-bond donors (Lipinski definition) is 1. The quantitative estimate of drug-likeness (QED) is 0.844. The van der Waals surface area contributed by atoms with Crippen LogP contribution in [0.1, 0.15) is 29.3 Å². The highest BCUT2D eigenvalue weighted by Crippen LogP contribution is 2.35. The number of rotatable bonds is 2. The van der Waals surface area contributed by atoms with Gasteiger partial charge in [0.2, 0.25) is 0 Å². The molecule has 0 saturated heterocycles. The maximum Gasteiger partial charge on any atom is 0.163 e. The molecule has 0 spiro atoms.